The summed E-state index contributed by atoms with van der Waals surface area (Å²) in [5.74, 6) is -4.99. The molecule has 5 heterocycles. The molecule has 3 N–H and O–H groups in total. The Hall–Kier alpha value is -4.66. The van der Waals surface area contributed by atoms with E-state index in [0.717, 1.165) is 18.3 Å². The van der Waals surface area contributed by atoms with Crippen LogP contribution in [0.3, 0.4) is 0 Å². The number of amides is 2. The smallest absolute Gasteiger partial charge is 0.382 e. The van der Waals surface area contributed by atoms with Crippen molar-refractivity contribution in [3.63, 3.8) is 0 Å². The molecule has 2 aliphatic rings. The molecule has 230 valence electrons. The van der Waals surface area contributed by atoms with Crippen LogP contribution in [0.5, 0.6) is 0 Å². The standard InChI is InChI=1S/C29H26F5N7O3/c1-27(14-44-15-27)26(43)40-12-18(11-28(30,31)13-40)24-39-21(22-23(35)37-8-9-41(22)24)16-2-4-17(5-3-16)25(42)38-20-10-19(6-7-36-20)29(32,33)34/h2-10,18H,11-15H2,1H3,(H2,35,37)(H,36,38,42). The van der Waals surface area contributed by atoms with E-state index < -0.39 is 53.8 Å². The molecule has 1 aromatic carbocycles. The number of carbonyl (C=O) groups is 2. The van der Waals surface area contributed by atoms with Crippen LogP contribution in [0.25, 0.3) is 16.8 Å². The van der Waals surface area contributed by atoms with Crippen LogP contribution in [0.4, 0.5) is 33.6 Å². The molecule has 2 aliphatic heterocycles. The number of aromatic nitrogens is 4. The minimum absolute atomic E-state index is 0.0213. The normalized spacial score (nSPS) is 19.4. The lowest BCUT2D eigenvalue weighted by atomic mass is 9.85. The Balaban J connectivity index is 1.29. The fourth-order valence-corrected chi connectivity index (χ4v) is 5.56. The van der Waals surface area contributed by atoms with Crippen molar-refractivity contribution in [3.05, 3.63) is 71.9 Å². The first kappa shape index (κ1) is 29.4. The number of hydrogen-bond donors (Lipinski definition) is 2. The molecule has 2 amide bonds. The number of ether oxygens (including phenoxy) is 1. The van der Waals surface area contributed by atoms with Gasteiger partial charge < -0.3 is 20.7 Å². The van der Waals surface area contributed by atoms with Crippen molar-refractivity contribution in [3.8, 4) is 11.3 Å². The fraction of sp³-hybridized carbons (Fsp3) is 0.345. The number of hydrogen-bond acceptors (Lipinski definition) is 7. The third-order valence-corrected chi connectivity index (χ3v) is 7.78. The van der Waals surface area contributed by atoms with E-state index in [0.29, 0.717) is 16.8 Å². The van der Waals surface area contributed by atoms with Gasteiger partial charge in [0.15, 0.2) is 0 Å². The molecule has 10 nitrogen and oxygen atoms in total. The van der Waals surface area contributed by atoms with E-state index in [2.05, 4.69) is 15.3 Å². The average molecular weight is 616 g/mol. The maximum absolute atomic E-state index is 15.0. The number of nitrogens with two attached hydrogens (primary N) is 1. The molecule has 2 saturated heterocycles. The summed E-state index contributed by atoms with van der Waals surface area (Å²) < 4.78 is 75.9. The lowest BCUT2D eigenvalue weighted by Crippen LogP contribution is -2.58. The molecule has 6 rings (SSSR count). The fourth-order valence-electron chi connectivity index (χ4n) is 5.56. The van der Waals surface area contributed by atoms with Crippen LogP contribution >= 0.6 is 0 Å². The molecule has 4 aromatic rings. The van der Waals surface area contributed by atoms with Gasteiger partial charge in [0.1, 0.15) is 28.7 Å². The first-order valence-electron chi connectivity index (χ1n) is 13.6. The monoisotopic (exact) mass is 615 g/mol. The summed E-state index contributed by atoms with van der Waals surface area (Å²) in [6.07, 6.45) is -1.21. The molecule has 0 radical (unpaired) electrons. The van der Waals surface area contributed by atoms with E-state index in [1.807, 2.05) is 0 Å². The van der Waals surface area contributed by atoms with Gasteiger partial charge in [-0.1, -0.05) is 12.1 Å². The van der Waals surface area contributed by atoms with E-state index in [1.54, 1.807) is 29.7 Å². The molecule has 1 atom stereocenters. The summed E-state index contributed by atoms with van der Waals surface area (Å²) in [6, 6.07) is 7.50. The summed E-state index contributed by atoms with van der Waals surface area (Å²) in [4.78, 5) is 39.7. The lowest BCUT2D eigenvalue weighted by Gasteiger charge is -2.44. The van der Waals surface area contributed by atoms with Gasteiger partial charge in [-0.25, -0.2) is 23.7 Å². The number of fused-ring (bicyclic) bond motifs is 1. The molecule has 0 bridgehead atoms. The topological polar surface area (TPSA) is 128 Å². The number of imidazole rings is 1. The number of likely N-dealkylation sites (tertiary alicyclic amines) is 1. The largest absolute Gasteiger partial charge is 0.416 e. The van der Waals surface area contributed by atoms with Gasteiger partial charge in [-0.2, -0.15) is 13.2 Å². The zero-order valence-corrected chi connectivity index (χ0v) is 23.2. The van der Waals surface area contributed by atoms with Gasteiger partial charge in [-0.15, -0.1) is 0 Å². The Morgan fingerprint density at radius 3 is 2.48 bits per heavy atom. The predicted molar refractivity (Wildman–Crippen MR) is 148 cm³/mol. The van der Waals surface area contributed by atoms with Gasteiger partial charge in [-0.05, 0) is 31.2 Å². The second-order valence-corrected chi connectivity index (χ2v) is 11.3. The van der Waals surface area contributed by atoms with Crippen molar-refractivity contribution in [1.29, 1.82) is 0 Å². The lowest BCUT2D eigenvalue weighted by molar-refractivity contribution is -0.177. The number of halogens is 5. The maximum atomic E-state index is 15.0. The number of nitrogen functional groups attached to an aromatic ring is 1. The second kappa shape index (κ2) is 10.5. The molecule has 0 spiro atoms. The Kier molecular flexibility index (Phi) is 7.02. The summed E-state index contributed by atoms with van der Waals surface area (Å²) in [6.45, 7) is 1.35. The van der Waals surface area contributed by atoms with E-state index in [1.165, 1.54) is 23.2 Å². The third-order valence-electron chi connectivity index (χ3n) is 7.78. The summed E-state index contributed by atoms with van der Waals surface area (Å²) in [7, 11) is 0. The molecule has 0 saturated carbocycles. The summed E-state index contributed by atoms with van der Waals surface area (Å²) in [5.41, 5.74) is 5.69. The quantitative estimate of drug-likeness (QED) is 0.314. The first-order valence-corrected chi connectivity index (χ1v) is 13.6. The van der Waals surface area contributed by atoms with Crippen LogP contribution in [0.2, 0.25) is 0 Å². The Morgan fingerprint density at radius 2 is 1.82 bits per heavy atom. The minimum Gasteiger partial charge on any atom is -0.382 e. The molecule has 44 heavy (non-hydrogen) atoms. The minimum atomic E-state index is -4.60. The van der Waals surface area contributed by atoms with E-state index >= 15 is 8.78 Å². The number of alkyl halides is 5. The number of piperidine rings is 1. The van der Waals surface area contributed by atoms with Crippen molar-refractivity contribution >= 4 is 29.0 Å². The van der Waals surface area contributed by atoms with Crippen LogP contribution < -0.4 is 11.1 Å². The van der Waals surface area contributed by atoms with E-state index in [9.17, 15) is 22.8 Å². The summed E-state index contributed by atoms with van der Waals surface area (Å²) in [5, 5.41) is 2.34. The van der Waals surface area contributed by atoms with Crippen molar-refractivity contribution in [2.75, 3.05) is 37.4 Å². The highest BCUT2D eigenvalue weighted by molar-refractivity contribution is 6.04. The van der Waals surface area contributed by atoms with Gasteiger partial charge in [0, 0.05) is 48.6 Å². The number of pyridine rings is 1. The first-order chi connectivity index (χ1) is 20.7. The maximum Gasteiger partial charge on any atom is 0.416 e. The molecule has 1 unspecified atom stereocenters. The van der Waals surface area contributed by atoms with E-state index in [4.69, 9.17) is 15.5 Å². The van der Waals surface area contributed by atoms with Crippen LogP contribution in [-0.4, -0.2) is 68.3 Å². The van der Waals surface area contributed by atoms with Crippen LogP contribution in [-0.2, 0) is 15.7 Å². The highest BCUT2D eigenvalue weighted by Crippen LogP contribution is 2.41. The third kappa shape index (κ3) is 5.42. The molecule has 2 fully saturated rings. The number of nitrogens with zero attached hydrogens (tertiary/aromatic N) is 5. The number of rotatable bonds is 5. The van der Waals surface area contributed by atoms with E-state index in [-0.39, 0.29) is 42.8 Å². The Morgan fingerprint density at radius 1 is 1.09 bits per heavy atom. The highest BCUT2D eigenvalue weighted by atomic mass is 19.4. The average Bonchev–Trinajstić information content (AvgIpc) is 3.35. The Labute approximate surface area is 247 Å². The molecule has 15 heteroatoms. The number of carbonyl (C=O) groups excluding carboxylic acids is 2. The summed E-state index contributed by atoms with van der Waals surface area (Å²) >= 11 is 0. The van der Waals surface area contributed by atoms with Crippen molar-refractivity contribution in [2.24, 2.45) is 5.41 Å². The Bertz CT molecular complexity index is 1750. The number of benzene rings is 1. The molecule has 0 aliphatic carbocycles. The van der Waals surface area contributed by atoms with Gasteiger partial charge in [0.25, 0.3) is 11.8 Å². The number of anilines is 2. The molecular weight excluding hydrogens is 589 g/mol. The van der Waals surface area contributed by atoms with Crippen LogP contribution in [0.15, 0.2) is 55.0 Å². The number of nitrogens with one attached hydrogen (secondary N) is 1. The van der Waals surface area contributed by atoms with Crippen molar-refractivity contribution in [1.82, 2.24) is 24.3 Å². The van der Waals surface area contributed by atoms with Gasteiger partial charge in [0.05, 0.1) is 30.7 Å². The predicted octanol–water partition coefficient (Wildman–Crippen LogP) is 4.63. The van der Waals surface area contributed by atoms with Crippen LogP contribution in [0, 0.1) is 5.41 Å². The second-order valence-electron chi connectivity index (χ2n) is 11.3. The van der Waals surface area contributed by atoms with Gasteiger partial charge in [-0.3, -0.25) is 14.0 Å². The molecular formula is C29H26F5N7O3. The van der Waals surface area contributed by atoms with Crippen molar-refractivity contribution in [2.45, 2.75) is 31.4 Å². The SMILES string of the molecule is CC1(C(=O)N2CC(c3nc(-c4ccc(C(=O)Nc5cc(C(F)(F)F)ccn5)cc4)c4c(N)nccn34)CC(F)(F)C2)COC1. The van der Waals surface area contributed by atoms with Gasteiger partial charge in [0.2, 0.25) is 5.91 Å². The zero-order chi connectivity index (χ0) is 31.4. The van der Waals surface area contributed by atoms with Crippen LogP contribution in [0.1, 0.15) is 41.0 Å². The van der Waals surface area contributed by atoms with Gasteiger partial charge >= 0.3 is 6.18 Å². The molecule has 3 aromatic heterocycles. The zero-order valence-electron chi connectivity index (χ0n) is 23.2. The van der Waals surface area contributed by atoms with Crippen molar-refractivity contribution < 1.29 is 36.3 Å². The highest BCUT2D eigenvalue weighted by Gasteiger charge is 2.50.